The van der Waals surface area contributed by atoms with Crippen LogP contribution in [0.25, 0.3) is 61.3 Å². The second-order valence-corrected chi connectivity index (χ2v) is 19.8. The van der Waals surface area contributed by atoms with Gasteiger partial charge in [0.1, 0.15) is 5.58 Å². The molecule has 51 heavy (non-hydrogen) atoms. The molecule has 8 aromatic rings. The average molecular weight is 862 g/mol. The van der Waals surface area contributed by atoms with Gasteiger partial charge < -0.3 is 14.0 Å². The van der Waals surface area contributed by atoms with Crippen molar-refractivity contribution in [2.24, 2.45) is 5.41 Å². The zero-order valence-corrected chi connectivity index (χ0v) is 33.5. The molecule has 0 spiro atoms. The molecular formula is C45H43IrN3OSi-2. The first-order valence-electron chi connectivity index (χ1n) is 17.4. The summed E-state index contributed by atoms with van der Waals surface area (Å²) in [5.74, 6) is 0.831. The molecule has 0 fully saturated rings. The van der Waals surface area contributed by atoms with Crippen molar-refractivity contribution in [3.05, 3.63) is 145 Å². The predicted molar refractivity (Wildman–Crippen MR) is 212 cm³/mol. The van der Waals surface area contributed by atoms with Gasteiger partial charge in [0.25, 0.3) is 0 Å². The van der Waals surface area contributed by atoms with E-state index in [1.54, 1.807) is 0 Å². The van der Waals surface area contributed by atoms with Crippen molar-refractivity contribution in [1.29, 1.82) is 0 Å². The van der Waals surface area contributed by atoms with Crippen molar-refractivity contribution < 1.29 is 24.5 Å². The zero-order chi connectivity index (χ0) is 34.9. The molecule has 0 saturated heterocycles. The molecule has 8 rings (SSSR count). The minimum absolute atomic E-state index is 0. The zero-order valence-electron chi connectivity index (χ0n) is 30.1. The van der Waals surface area contributed by atoms with Crippen molar-refractivity contribution in [2.75, 3.05) is 0 Å². The van der Waals surface area contributed by atoms with E-state index in [1.807, 2.05) is 72.8 Å². The molecule has 0 aliphatic heterocycles. The minimum atomic E-state index is -1.39. The van der Waals surface area contributed by atoms with Crippen molar-refractivity contribution >= 4 is 46.2 Å². The number of nitrogens with zero attached hydrogens (tertiary/aromatic N) is 3. The van der Waals surface area contributed by atoms with Crippen LogP contribution in [0.5, 0.6) is 0 Å². The molecule has 0 unspecified atom stereocenters. The molecule has 0 atom stereocenters. The molecule has 0 saturated carbocycles. The fourth-order valence-electron chi connectivity index (χ4n) is 6.55. The molecule has 0 aliphatic carbocycles. The van der Waals surface area contributed by atoms with Crippen LogP contribution < -0.4 is 5.19 Å². The van der Waals surface area contributed by atoms with Gasteiger partial charge in [-0.2, -0.15) is 0 Å². The Morgan fingerprint density at radius 1 is 0.784 bits per heavy atom. The monoisotopic (exact) mass is 862 g/mol. The molecule has 4 nitrogen and oxygen atoms in total. The van der Waals surface area contributed by atoms with Gasteiger partial charge in [-0.1, -0.05) is 118 Å². The molecule has 0 bridgehead atoms. The van der Waals surface area contributed by atoms with Crippen LogP contribution in [0, 0.1) is 17.5 Å². The largest absolute Gasteiger partial charge is 0.501 e. The van der Waals surface area contributed by atoms with Gasteiger partial charge in [0.15, 0.2) is 0 Å². The molecule has 259 valence electrons. The van der Waals surface area contributed by atoms with Gasteiger partial charge in [0.05, 0.1) is 30.5 Å². The van der Waals surface area contributed by atoms with Crippen LogP contribution in [0.1, 0.15) is 32.8 Å². The molecule has 5 aromatic carbocycles. The maximum atomic E-state index is 6.24. The van der Waals surface area contributed by atoms with E-state index in [0.29, 0.717) is 5.41 Å². The van der Waals surface area contributed by atoms with E-state index in [1.165, 1.54) is 17.2 Å². The molecule has 3 heterocycles. The Kier molecular flexibility index (Phi) is 10.6. The first-order valence-corrected chi connectivity index (χ1v) is 20.9. The summed E-state index contributed by atoms with van der Waals surface area (Å²) in [6, 6.07) is 47.7. The Labute approximate surface area is 316 Å². The first kappa shape index (κ1) is 36.2. The Morgan fingerprint density at radius 2 is 1.51 bits per heavy atom. The average Bonchev–Trinajstić information content (AvgIpc) is 3.71. The van der Waals surface area contributed by atoms with Gasteiger partial charge in [-0.15, -0.1) is 54.1 Å². The van der Waals surface area contributed by atoms with E-state index >= 15 is 0 Å². The van der Waals surface area contributed by atoms with Gasteiger partial charge in [0, 0.05) is 37.4 Å². The Balaban J connectivity index is 0.000000178. The molecule has 0 aliphatic rings. The number of aromatic nitrogens is 3. The number of hydrogen-bond donors (Lipinski definition) is 0. The van der Waals surface area contributed by atoms with Crippen LogP contribution in [-0.4, -0.2) is 22.6 Å². The number of pyridine rings is 1. The summed E-state index contributed by atoms with van der Waals surface area (Å²) >= 11 is 0. The van der Waals surface area contributed by atoms with Crippen molar-refractivity contribution in [2.45, 2.75) is 53.3 Å². The Morgan fingerprint density at radius 3 is 2.25 bits per heavy atom. The van der Waals surface area contributed by atoms with Gasteiger partial charge in [-0.3, -0.25) is 4.98 Å². The fourth-order valence-corrected chi connectivity index (χ4v) is 8.12. The van der Waals surface area contributed by atoms with Crippen molar-refractivity contribution in [3.63, 3.8) is 0 Å². The third kappa shape index (κ3) is 7.55. The summed E-state index contributed by atoms with van der Waals surface area (Å²) in [6.45, 7) is 14.2. The number of furan rings is 1. The van der Waals surface area contributed by atoms with E-state index in [0.717, 1.165) is 67.7 Å². The van der Waals surface area contributed by atoms with Gasteiger partial charge >= 0.3 is 0 Å². The quantitative estimate of drug-likeness (QED) is 0.118. The molecule has 1 radical (unpaired) electrons. The number of rotatable bonds is 7. The van der Waals surface area contributed by atoms with Gasteiger partial charge in [0.2, 0.25) is 0 Å². The molecule has 6 heteroatoms. The number of imidazole rings is 1. The van der Waals surface area contributed by atoms with Crippen LogP contribution in [0.15, 0.2) is 132 Å². The summed E-state index contributed by atoms with van der Waals surface area (Å²) in [6.07, 6.45) is 4.43. The topological polar surface area (TPSA) is 43.9 Å². The minimum Gasteiger partial charge on any atom is -0.501 e. The number of fused-ring (bicyclic) bond motifs is 4. The van der Waals surface area contributed by atoms with E-state index < -0.39 is 8.07 Å². The maximum Gasteiger partial charge on any atom is 0.120 e. The second-order valence-electron chi connectivity index (χ2n) is 14.7. The molecule has 0 N–H and O–H groups in total. The smallest absolute Gasteiger partial charge is 0.120 e. The summed E-state index contributed by atoms with van der Waals surface area (Å²) in [5, 5.41) is 3.68. The van der Waals surface area contributed by atoms with Crippen molar-refractivity contribution in [3.8, 4) is 28.3 Å². The maximum absolute atomic E-state index is 6.24. The van der Waals surface area contributed by atoms with Crippen molar-refractivity contribution in [1.82, 2.24) is 14.5 Å². The normalized spacial score (nSPS) is 11.7. The van der Waals surface area contributed by atoms with Crippen LogP contribution in [-0.2, 0) is 26.5 Å². The van der Waals surface area contributed by atoms with E-state index in [-0.39, 0.29) is 20.1 Å². The summed E-state index contributed by atoms with van der Waals surface area (Å²) in [7, 11) is -1.39. The van der Waals surface area contributed by atoms with Crippen LogP contribution in [0.3, 0.4) is 0 Å². The standard InChI is InChI=1S/C25H15N2O.C20H28NSi.Ir/c1-2-9-17(10-3-1)27-22-15-6-5-14-21(22)26-25(27)20-13-8-12-19-18-11-4-7-16-23(18)28-24(19)20;1-7-20(2,3)14-17-13-18(16-11-9-8-10-12-16)21-15-19(17)22(4,5)6;/h1-12,14-16H;8-11,13,15H,7,14H2,1-6H3;/q2*-1;. The third-order valence-electron chi connectivity index (χ3n) is 9.55. The van der Waals surface area contributed by atoms with Gasteiger partial charge in [-0.05, 0) is 53.0 Å². The molecule has 3 aromatic heterocycles. The van der Waals surface area contributed by atoms with Gasteiger partial charge in [-0.25, -0.2) is 0 Å². The SMILES string of the molecule is CCC(C)(C)Cc1cc(-c2[c-]cccc2)ncc1[Si](C)(C)C.[Ir].[c-]1ccc2c(oc3ccccc32)c1-c1nc2ccccc2n1-c1ccccc1. The number of para-hydroxylation sites is 4. The van der Waals surface area contributed by atoms with Crippen LogP contribution >= 0.6 is 0 Å². The third-order valence-corrected chi connectivity index (χ3v) is 11.6. The Bertz CT molecular complexity index is 2410. The Hall–Kier alpha value is -4.61. The molecular weight excluding hydrogens is 819 g/mol. The number of hydrogen-bond acceptors (Lipinski definition) is 3. The summed E-state index contributed by atoms with van der Waals surface area (Å²) in [5.41, 5.74) is 9.57. The molecule has 0 amide bonds. The first-order chi connectivity index (χ1) is 24.1. The fraction of sp³-hybridized carbons (Fsp3) is 0.200. The summed E-state index contributed by atoms with van der Waals surface area (Å²) in [4.78, 5) is 9.69. The van der Waals surface area contributed by atoms with E-state index in [9.17, 15) is 0 Å². The second kappa shape index (κ2) is 14.9. The number of benzene rings is 5. The van der Waals surface area contributed by atoms with Crippen LogP contribution in [0.4, 0.5) is 0 Å². The van der Waals surface area contributed by atoms with E-state index in [2.05, 4.69) is 112 Å². The predicted octanol–water partition coefficient (Wildman–Crippen LogP) is 11.5. The van der Waals surface area contributed by atoms with Crippen LogP contribution in [0.2, 0.25) is 19.6 Å². The summed E-state index contributed by atoms with van der Waals surface area (Å²) < 4.78 is 8.41. The van der Waals surface area contributed by atoms with E-state index in [4.69, 9.17) is 14.4 Å².